The predicted molar refractivity (Wildman–Crippen MR) is 106 cm³/mol. The lowest BCUT2D eigenvalue weighted by atomic mass is 10.1. The maximum absolute atomic E-state index is 12.1. The van der Waals surface area contributed by atoms with Crippen molar-refractivity contribution < 1.29 is 9.32 Å². The molecule has 2 aromatic rings. The molecule has 3 rings (SSSR count). The minimum Gasteiger partial charge on any atom is -0.355 e. The number of pyridine rings is 1. The fourth-order valence-corrected chi connectivity index (χ4v) is 3.06. The van der Waals surface area contributed by atoms with E-state index in [1.54, 1.807) is 18.5 Å². The van der Waals surface area contributed by atoms with Crippen LogP contribution >= 0.6 is 24.8 Å². The van der Waals surface area contributed by atoms with Gasteiger partial charge in [-0.2, -0.15) is 0 Å². The Bertz CT molecular complexity index is 644. The Kier molecular flexibility index (Phi) is 10.2. The van der Waals surface area contributed by atoms with Crippen LogP contribution in [-0.2, 0) is 0 Å². The molecule has 2 aromatic heterocycles. The molecule has 0 aromatic carbocycles. The number of nitrogens with one attached hydrogen (secondary N) is 2. The highest BCUT2D eigenvalue weighted by atomic mass is 35.5. The Labute approximate surface area is 166 Å². The summed E-state index contributed by atoms with van der Waals surface area (Å²) in [6.07, 6.45) is 11.1. The van der Waals surface area contributed by atoms with Crippen LogP contribution in [0, 0.1) is 0 Å². The second kappa shape index (κ2) is 11.9. The minimum atomic E-state index is -0.207. The summed E-state index contributed by atoms with van der Waals surface area (Å²) >= 11 is 0. The molecule has 0 saturated heterocycles. The van der Waals surface area contributed by atoms with E-state index in [9.17, 15) is 4.79 Å². The van der Waals surface area contributed by atoms with Crippen LogP contribution in [0.2, 0.25) is 0 Å². The number of aromatic nitrogens is 2. The highest BCUT2D eigenvalue weighted by Gasteiger charge is 2.14. The smallest absolute Gasteiger partial charge is 0.273 e. The second-order valence-corrected chi connectivity index (χ2v) is 6.21. The van der Waals surface area contributed by atoms with Crippen LogP contribution in [0.1, 0.15) is 49.0 Å². The van der Waals surface area contributed by atoms with Crippen LogP contribution in [0.5, 0.6) is 0 Å². The van der Waals surface area contributed by atoms with Gasteiger partial charge in [0.2, 0.25) is 0 Å². The van der Waals surface area contributed by atoms with Crippen molar-refractivity contribution in [3.63, 3.8) is 0 Å². The number of amides is 1. The molecule has 1 saturated carbocycles. The van der Waals surface area contributed by atoms with Crippen LogP contribution in [-0.4, -0.2) is 35.2 Å². The van der Waals surface area contributed by atoms with E-state index in [4.69, 9.17) is 4.52 Å². The molecule has 8 heteroatoms. The van der Waals surface area contributed by atoms with Crippen LogP contribution in [0.15, 0.2) is 35.1 Å². The first-order chi connectivity index (χ1) is 11.8. The van der Waals surface area contributed by atoms with E-state index < -0.39 is 0 Å². The summed E-state index contributed by atoms with van der Waals surface area (Å²) in [4.78, 5) is 16.1. The summed E-state index contributed by atoms with van der Waals surface area (Å²) in [6.45, 7) is 1.37. The van der Waals surface area contributed by atoms with Gasteiger partial charge < -0.3 is 15.2 Å². The van der Waals surface area contributed by atoms with Gasteiger partial charge in [0.15, 0.2) is 11.5 Å². The third kappa shape index (κ3) is 6.59. The topological polar surface area (TPSA) is 80.0 Å². The van der Waals surface area contributed by atoms with E-state index in [1.165, 1.54) is 38.5 Å². The molecule has 26 heavy (non-hydrogen) atoms. The van der Waals surface area contributed by atoms with Crippen LogP contribution < -0.4 is 10.6 Å². The zero-order chi connectivity index (χ0) is 16.6. The van der Waals surface area contributed by atoms with Crippen molar-refractivity contribution in [1.29, 1.82) is 0 Å². The second-order valence-electron chi connectivity index (χ2n) is 6.21. The Balaban J connectivity index is 0.00000169. The lowest BCUT2D eigenvalue weighted by Crippen LogP contribution is -2.36. The van der Waals surface area contributed by atoms with Crippen molar-refractivity contribution in [2.24, 2.45) is 0 Å². The van der Waals surface area contributed by atoms with Crippen molar-refractivity contribution in [2.75, 3.05) is 13.1 Å². The predicted octanol–water partition coefficient (Wildman–Crippen LogP) is 3.62. The molecule has 0 radical (unpaired) electrons. The number of carbonyl (C=O) groups excluding carboxylic acids is 1. The molecular formula is C18H26Cl2N4O2. The van der Waals surface area contributed by atoms with Gasteiger partial charge in [-0.15, -0.1) is 24.8 Å². The van der Waals surface area contributed by atoms with Crippen molar-refractivity contribution in [3.05, 3.63) is 36.3 Å². The molecule has 0 bridgehead atoms. The van der Waals surface area contributed by atoms with Crippen LogP contribution in [0.25, 0.3) is 11.3 Å². The van der Waals surface area contributed by atoms with Gasteiger partial charge >= 0.3 is 0 Å². The van der Waals surface area contributed by atoms with Gasteiger partial charge in [0.25, 0.3) is 5.91 Å². The molecule has 1 amide bonds. The Morgan fingerprint density at radius 1 is 1.08 bits per heavy atom. The van der Waals surface area contributed by atoms with E-state index in [0.29, 0.717) is 24.0 Å². The molecule has 144 valence electrons. The van der Waals surface area contributed by atoms with Crippen molar-refractivity contribution in [1.82, 2.24) is 20.8 Å². The molecular weight excluding hydrogens is 375 g/mol. The Hall–Kier alpha value is -1.63. The maximum Gasteiger partial charge on any atom is 0.273 e. The number of hydrogen-bond donors (Lipinski definition) is 2. The fraction of sp³-hybridized carbons (Fsp3) is 0.500. The number of rotatable bonds is 6. The lowest BCUT2D eigenvalue weighted by Gasteiger charge is -2.16. The lowest BCUT2D eigenvalue weighted by molar-refractivity contribution is 0.0944. The number of halogens is 2. The first kappa shape index (κ1) is 22.4. The highest BCUT2D eigenvalue weighted by Crippen LogP contribution is 2.19. The third-order valence-corrected chi connectivity index (χ3v) is 4.41. The van der Waals surface area contributed by atoms with Gasteiger partial charge in [0, 0.05) is 43.2 Å². The first-order valence-electron chi connectivity index (χ1n) is 8.71. The van der Waals surface area contributed by atoms with Gasteiger partial charge in [-0.1, -0.05) is 30.8 Å². The molecule has 2 N–H and O–H groups in total. The molecule has 0 spiro atoms. The minimum absolute atomic E-state index is 0. The average molecular weight is 401 g/mol. The van der Waals surface area contributed by atoms with E-state index in [-0.39, 0.29) is 30.7 Å². The van der Waals surface area contributed by atoms with Gasteiger partial charge in [-0.25, -0.2) is 0 Å². The zero-order valence-electron chi connectivity index (χ0n) is 14.6. The monoisotopic (exact) mass is 400 g/mol. The number of nitrogens with zero attached hydrogens (tertiary/aromatic N) is 2. The van der Waals surface area contributed by atoms with Crippen LogP contribution in [0.4, 0.5) is 0 Å². The van der Waals surface area contributed by atoms with Crippen molar-refractivity contribution in [2.45, 2.75) is 44.6 Å². The van der Waals surface area contributed by atoms with Gasteiger partial charge in [-0.05, 0) is 25.0 Å². The molecule has 2 heterocycles. The SMILES string of the molecule is Cl.Cl.O=C(NCCNC1CCCCCC1)c1cc(-c2ccncc2)on1. The molecule has 1 aliphatic carbocycles. The largest absolute Gasteiger partial charge is 0.355 e. The van der Waals surface area contributed by atoms with Gasteiger partial charge in [0.05, 0.1) is 0 Å². The summed E-state index contributed by atoms with van der Waals surface area (Å²) in [5.74, 6) is 0.362. The molecule has 1 fully saturated rings. The fourth-order valence-electron chi connectivity index (χ4n) is 3.06. The van der Waals surface area contributed by atoms with Crippen LogP contribution in [0.3, 0.4) is 0 Å². The first-order valence-corrected chi connectivity index (χ1v) is 8.71. The average Bonchev–Trinajstić information content (AvgIpc) is 2.97. The summed E-state index contributed by atoms with van der Waals surface area (Å²) < 4.78 is 5.23. The van der Waals surface area contributed by atoms with E-state index in [1.807, 2.05) is 12.1 Å². The van der Waals surface area contributed by atoms with E-state index in [0.717, 1.165) is 12.1 Å². The summed E-state index contributed by atoms with van der Waals surface area (Å²) in [5, 5.41) is 10.3. The molecule has 0 atom stereocenters. The van der Waals surface area contributed by atoms with Gasteiger partial charge in [0.1, 0.15) is 0 Å². The standard InChI is InChI=1S/C18H24N4O2.2ClH/c23-18(21-12-11-20-15-5-3-1-2-4-6-15)16-13-17(24-22-16)14-7-9-19-10-8-14;;/h7-10,13,15,20H,1-6,11-12H2,(H,21,23);2*1H. The molecule has 6 nitrogen and oxygen atoms in total. The summed E-state index contributed by atoms with van der Waals surface area (Å²) in [6, 6.07) is 5.89. The number of hydrogen-bond acceptors (Lipinski definition) is 5. The normalized spacial score (nSPS) is 14.6. The highest BCUT2D eigenvalue weighted by molar-refractivity contribution is 5.93. The van der Waals surface area contributed by atoms with E-state index >= 15 is 0 Å². The Morgan fingerprint density at radius 3 is 2.46 bits per heavy atom. The summed E-state index contributed by atoms with van der Waals surface area (Å²) in [7, 11) is 0. The van der Waals surface area contributed by atoms with Crippen molar-refractivity contribution in [3.8, 4) is 11.3 Å². The molecule has 1 aliphatic rings. The maximum atomic E-state index is 12.1. The Morgan fingerprint density at radius 2 is 1.77 bits per heavy atom. The molecule has 0 aliphatic heterocycles. The zero-order valence-corrected chi connectivity index (χ0v) is 16.3. The summed E-state index contributed by atoms with van der Waals surface area (Å²) in [5.41, 5.74) is 1.16. The number of carbonyl (C=O) groups is 1. The van der Waals surface area contributed by atoms with E-state index in [2.05, 4.69) is 20.8 Å². The quantitative estimate of drug-likeness (QED) is 0.571. The molecule has 0 unspecified atom stereocenters. The van der Waals surface area contributed by atoms with Gasteiger partial charge in [-0.3, -0.25) is 9.78 Å². The third-order valence-electron chi connectivity index (χ3n) is 4.41. The van der Waals surface area contributed by atoms with Crippen molar-refractivity contribution >= 4 is 30.7 Å².